The number of rotatable bonds is 0. The number of nitrogens with zero attached hydrogens (tertiary/aromatic N) is 2. The van der Waals surface area contributed by atoms with Gasteiger partial charge >= 0.3 is 0 Å². The molecule has 0 unspecified atom stereocenters. The van der Waals surface area contributed by atoms with Crippen molar-refractivity contribution < 1.29 is 14.7 Å². The molecule has 0 fully saturated rings. The summed E-state index contributed by atoms with van der Waals surface area (Å²) in [6.07, 6.45) is 0. The molecule has 1 heterocycles. The monoisotopic (exact) mass is 322 g/mol. The first-order chi connectivity index (χ1) is 7.91. The topological polar surface area (TPSA) is 76.3 Å². The molecule has 0 bridgehead atoms. The summed E-state index contributed by atoms with van der Waals surface area (Å²) >= 11 is 8.81. The number of benzene rings is 1. The van der Waals surface area contributed by atoms with Crippen molar-refractivity contribution in [3.05, 3.63) is 49.8 Å². The maximum absolute atomic E-state index is 13.1. The van der Waals surface area contributed by atoms with Crippen LogP contribution in [0.25, 0.3) is 10.9 Å². The molecule has 0 radical (unpaired) electrons. The van der Waals surface area contributed by atoms with E-state index in [4.69, 9.17) is 26.9 Å². The highest BCUT2D eigenvalue weighted by molar-refractivity contribution is 9.10. The third kappa shape index (κ3) is 3.79. The van der Waals surface area contributed by atoms with Gasteiger partial charge < -0.3 is 5.21 Å². The number of aromatic nitrogens is 1. The summed E-state index contributed by atoms with van der Waals surface area (Å²) in [5.41, 5.74) is 0.549. The van der Waals surface area contributed by atoms with E-state index in [-0.39, 0.29) is 5.82 Å². The van der Waals surface area contributed by atoms with Crippen LogP contribution < -0.4 is 0 Å². The Bertz CT molecular complexity index is 558. The van der Waals surface area contributed by atoms with E-state index in [0.29, 0.717) is 15.1 Å². The summed E-state index contributed by atoms with van der Waals surface area (Å²) in [5, 5.41) is 14.9. The molecule has 17 heavy (non-hydrogen) atoms. The van der Waals surface area contributed by atoms with Gasteiger partial charge in [-0.2, -0.15) is 0 Å². The Labute approximate surface area is 108 Å². The lowest BCUT2D eigenvalue weighted by Crippen LogP contribution is -1.84. The lowest BCUT2D eigenvalue weighted by atomic mass is 10.2. The van der Waals surface area contributed by atoms with Crippen LogP contribution in [-0.2, 0) is 0 Å². The van der Waals surface area contributed by atoms with Crippen molar-refractivity contribution in [2.45, 2.75) is 0 Å². The molecular formula is C9H5BrClFN2O3. The number of pyridine rings is 1. The minimum absolute atomic E-state index is 0.331. The van der Waals surface area contributed by atoms with Gasteiger partial charge in [0.25, 0.3) is 5.09 Å². The van der Waals surface area contributed by atoms with Crippen molar-refractivity contribution in [3.8, 4) is 0 Å². The molecule has 0 saturated carbocycles. The molecule has 90 valence electrons. The molecule has 0 atom stereocenters. The van der Waals surface area contributed by atoms with E-state index in [9.17, 15) is 4.39 Å². The quantitative estimate of drug-likeness (QED) is 0.458. The van der Waals surface area contributed by atoms with E-state index in [1.165, 1.54) is 6.07 Å². The molecule has 0 saturated heterocycles. The van der Waals surface area contributed by atoms with Gasteiger partial charge in [-0.1, -0.05) is 11.6 Å². The van der Waals surface area contributed by atoms with Crippen molar-refractivity contribution in [2.75, 3.05) is 0 Å². The zero-order valence-corrected chi connectivity index (χ0v) is 10.4. The predicted molar refractivity (Wildman–Crippen MR) is 63.2 cm³/mol. The maximum atomic E-state index is 13.1. The van der Waals surface area contributed by atoms with Crippen LogP contribution in [0.3, 0.4) is 0 Å². The Balaban J connectivity index is 0.000000317. The normalized spacial score (nSPS) is 9.59. The summed E-state index contributed by atoms with van der Waals surface area (Å²) in [6, 6.07) is 6.53. The average Bonchev–Trinajstić information content (AvgIpc) is 2.23. The van der Waals surface area contributed by atoms with Crippen LogP contribution in [-0.4, -0.2) is 15.3 Å². The van der Waals surface area contributed by atoms with Crippen LogP contribution >= 0.6 is 27.5 Å². The lowest BCUT2D eigenvalue weighted by molar-refractivity contribution is -0.742. The molecule has 2 rings (SSSR count). The van der Waals surface area contributed by atoms with Gasteiger partial charge in [0, 0.05) is 5.39 Å². The molecule has 5 nitrogen and oxygen atoms in total. The van der Waals surface area contributed by atoms with Gasteiger partial charge in [0.1, 0.15) is 11.0 Å². The van der Waals surface area contributed by atoms with Crippen LogP contribution in [0.5, 0.6) is 0 Å². The second-order valence-electron chi connectivity index (χ2n) is 2.80. The van der Waals surface area contributed by atoms with Crippen molar-refractivity contribution in [1.82, 2.24) is 4.98 Å². The molecule has 0 amide bonds. The van der Waals surface area contributed by atoms with Crippen molar-refractivity contribution in [2.24, 2.45) is 0 Å². The number of hydrogen-bond acceptors (Lipinski definition) is 3. The Kier molecular flexibility index (Phi) is 4.59. The van der Waals surface area contributed by atoms with Gasteiger partial charge in [0.15, 0.2) is 0 Å². The summed E-state index contributed by atoms with van der Waals surface area (Å²) in [6.45, 7) is 0. The first-order valence-corrected chi connectivity index (χ1v) is 5.32. The molecular weight excluding hydrogens is 318 g/mol. The average molecular weight is 324 g/mol. The molecule has 0 aliphatic heterocycles. The second-order valence-corrected chi connectivity index (χ2v) is 3.99. The van der Waals surface area contributed by atoms with E-state index in [2.05, 4.69) is 20.9 Å². The van der Waals surface area contributed by atoms with E-state index in [1.54, 1.807) is 18.2 Å². The first-order valence-electron chi connectivity index (χ1n) is 4.15. The fraction of sp³-hybridized carbons (Fsp3) is 0. The van der Waals surface area contributed by atoms with E-state index in [0.717, 1.165) is 5.39 Å². The largest absolute Gasteiger partial charge is 0.328 e. The van der Waals surface area contributed by atoms with Crippen LogP contribution in [0.15, 0.2) is 28.7 Å². The highest BCUT2D eigenvalue weighted by atomic mass is 79.9. The van der Waals surface area contributed by atoms with Gasteiger partial charge in [-0.15, -0.1) is 10.1 Å². The van der Waals surface area contributed by atoms with Gasteiger partial charge in [-0.3, -0.25) is 0 Å². The Hall–Kier alpha value is -1.47. The Morgan fingerprint density at radius 3 is 2.53 bits per heavy atom. The molecule has 1 aromatic heterocycles. The maximum Gasteiger partial charge on any atom is 0.291 e. The number of fused-ring (bicyclic) bond motifs is 1. The highest BCUT2D eigenvalue weighted by Crippen LogP contribution is 2.26. The van der Waals surface area contributed by atoms with E-state index < -0.39 is 5.09 Å². The van der Waals surface area contributed by atoms with Crippen LogP contribution in [0.4, 0.5) is 4.39 Å². The molecule has 0 spiro atoms. The van der Waals surface area contributed by atoms with Crippen molar-refractivity contribution >= 4 is 38.4 Å². The van der Waals surface area contributed by atoms with Gasteiger partial charge in [0.05, 0.1) is 9.99 Å². The van der Waals surface area contributed by atoms with Crippen molar-refractivity contribution in [1.29, 1.82) is 0 Å². The van der Waals surface area contributed by atoms with Crippen LogP contribution in [0.1, 0.15) is 0 Å². The summed E-state index contributed by atoms with van der Waals surface area (Å²) in [7, 11) is 0. The number of halogens is 3. The number of hydrogen-bond donors (Lipinski definition) is 1. The van der Waals surface area contributed by atoms with Crippen molar-refractivity contribution in [3.63, 3.8) is 0 Å². The minimum Gasteiger partial charge on any atom is -0.328 e. The van der Waals surface area contributed by atoms with E-state index in [1.807, 2.05) is 0 Å². The zero-order valence-electron chi connectivity index (χ0n) is 8.10. The summed E-state index contributed by atoms with van der Waals surface area (Å²) in [4.78, 5) is 12.4. The fourth-order valence-electron chi connectivity index (χ4n) is 1.11. The van der Waals surface area contributed by atoms with Crippen LogP contribution in [0, 0.1) is 15.9 Å². The molecule has 0 aliphatic rings. The van der Waals surface area contributed by atoms with Gasteiger partial charge in [-0.25, -0.2) is 9.37 Å². The molecule has 8 heteroatoms. The molecule has 2 aromatic rings. The Morgan fingerprint density at radius 1 is 1.41 bits per heavy atom. The summed E-state index contributed by atoms with van der Waals surface area (Å²) < 4.78 is 13.4. The highest BCUT2D eigenvalue weighted by Gasteiger charge is 2.05. The minimum atomic E-state index is -1.50. The third-order valence-corrected chi connectivity index (χ3v) is 2.68. The molecule has 0 aliphatic carbocycles. The third-order valence-electron chi connectivity index (χ3n) is 1.72. The van der Waals surface area contributed by atoms with Gasteiger partial charge in [-0.05, 0) is 40.2 Å². The fourth-order valence-corrected chi connectivity index (χ4v) is 1.70. The molecule has 1 N–H and O–H groups in total. The smallest absolute Gasteiger partial charge is 0.291 e. The SMILES string of the molecule is Fc1ccc2ccc(Cl)nc2c1Br.O=[N+]([O-])O. The lowest BCUT2D eigenvalue weighted by Gasteiger charge is -2.00. The zero-order chi connectivity index (χ0) is 13.0. The summed E-state index contributed by atoms with van der Waals surface area (Å²) in [5.74, 6) is -0.331. The van der Waals surface area contributed by atoms with Crippen LogP contribution in [0.2, 0.25) is 5.15 Å². The van der Waals surface area contributed by atoms with E-state index >= 15 is 0 Å². The second kappa shape index (κ2) is 5.74. The van der Waals surface area contributed by atoms with Gasteiger partial charge in [0.2, 0.25) is 0 Å². The standard InChI is InChI=1S/C9H4BrClFN.HNO3/c10-8-6(12)3-1-5-2-4-7(11)13-9(5)8;2-1(3)4/h1-4H;(H,2,3,4). The Morgan fingerprint density at radius 2 is 1.94 bits per heavy atom. The first kappa shape index (κ1) is 13.6. The molecule has 1 aromatic carbocycles. The predicted octanol–water partition coefficient (Wildman–Crippen LogP) is 3.44.